The highest BCUT2D eigenvalue weighted by atomic mass is 16.4. The lowest BCUT2D eigenvalue weighted by molar-refractivity contribution is -0.184. The molecule has 0 radical (unpaired) electrons. The van der Waals surface area contributed by atoms with Crippen LogP contribution >= 0.6 is 0 Å². The predicted molar refractivity (Wildman–Crippen MR) is 216 cm³/mol. The van der Waals surface area contributed by atoms with Crippen molar-refractivity contribution in [3.63, 3.8) is 0 Å². The Balaban J connectivity index is 7.74. The first-order valence-corrected chi connectivity index (χ1v) is 22.6. The van der Waals surface area contributed by atoms with E-state index in [0.29, 0.717) is 0 Å². The van der Waals surface area contributed by atoms with Gasteiger partial charge in [-0.1, -0.05) is 228 Å². The van der Waals surface area contributed by atoms with Gasteiger partial charge < -0.3 is 5.11 Å². The van der Waals surface area contributed by atoms with E-state index in [0.717, 1.165) is 38.5 Å². The summed E-state index contributed by atoms with van der Waals surface area (Å²) in [7, 11) is 0. The van der Waals surface area contributed by atoms with Crippen molar-refractivity contribution < 1.29 is 9.90 Å². The average molecular weight is 677 g/mol. The minimum Gasteiger partial charge on any atom is -0.481 e. The first kappa shape index (κ1) is 47.5. The molecular weight excluding hydrogens is 585 g/mol. The van der Waals surface area contributed by atoms with Gasteiger partial charge in [-0.25, -0.2) is 0 Å². The van der Waals surface area contributed by atoms with Gasteiger partial charge in [0.1, 0.15) is 0 Å². The van der Waals surface area contributed by atoms with Crippen LogP contribution in [0.3, 0.4) is 0 Å². The number of carbonyl (C=O) groups is 1. The first-order chi connectivity index (χ1) is 23.4. The molecule has 2 heteroatoms. The largest absolute Gasteiger partial charge is 0.481 e. The van der Waals surface area contributed by atoms with Crippen molar-refractivity contribution in [2.24, 2.45) is 16.2 Å². The fourth-order valence-electron chi connectivity index (χ4n) is 9.84. The lowest BCUT2D eigenvalue weighted by Crippen LogP contribution is -2.58. The van der Waals surface area contributed by atoms with Crippen LogP contribution in [0.5, 0.6) is 0 Å². The number of unbranched alkanes of at least 4 members (excludes halogenated alkanes) is 21. The molecule has 0 unspecified atom stereocenters. The van der Waals surface area contributed by atoms with Crippen molar-refractivity contribution in [1.82, 2.24) is 0 Å². The van der Waals surface area contributed by atoms with Gasteiger partial charge in [0.25, 0.3) is 0 Å². The maximum atomic E-state index is 14.5. The third-order valence-corrected chi connectivity index (χ3v) is 12.7. The molecule has 288 valence electrons. The summed E-state index contributed by atoms with van der Waals surface area (Å²) in [6, 6.07) is 0. The van der Waals surface area contributed by atoms with E-state index in [1.54, 1.807) is 0 Å². The SMILES string of the molecule is CCCCCCC(CCCCCC)(CCCCCC)C(CCCCCC)(CCCCCC)C(CCCCCC)(CCCCCC)C(=O)O. The molecule has 0 aromatic rings. The summed E-state index contributed by atoms with van der Waals surface area (Å²) in [5, 5.41) is 12.0. The molecule has 1 N–H and O–H groups in total. The second-order valence-electron chi connectivity index (χ2n) is 16.4. The van der Waals surface area contributed by atoms with Crippen molar-refractivity contribution in [3.8, 4) is 0 Å². The highest BCUT2D eigenvalue weighted by Crippen LogP contribution is 2.67. The van der Waals surface area contributed by atoms with Crippen molar-refractivity contribution in [3.05, 3.63) is 0 Å². The molecule has 0 aliphatic heterocycles. The molecule has 2 nitrogen and oxygen atoms in total. The minimum atomic E-state index is -0.604. The number of hydrogen-bond donors (Lipinski definition) is 1. The van der Waals surface area contributed by atoms with Crippen molar-refractivity contribution >= 4 is 5.97 Å². The predicted octanol–water partition coefficient (Wildman–Crippen LogP) is 16.8. The van der Waals surface area contributed by atoms with E-state index in [-0.39, 0.29) is 10.8 Å². The molecule has 0 bridgehead atoms. The lowest BCUT2D eigenvalue weighted by atomic mass is 9.42. The van der Waals surface area contributed by atoms with Crippen molar-refractivity contribution in [2.45, 2.75) is 273 Å². The fraction of sp³-hybridized carbons (Fsp3) is 0.978. The Hall–Kier alpha value is -0.530. The lowest BCUT2D eigenvalue weighted by Gasteiger charge is -2.61. The fourth-order valence-corrected chi connectivity index (χ4v) is 9.84. The molecule has 0 aliphatic rings. The van der Waals surface area contributed by atoms with Crippen molar-refractivity contribution in [2.75, 3.05) is 0 Å². The normalized spacial score (nSPS) is 12.6. The maximum absolute atomic E-state index is 14.5. The zero-order valence-corrected chi connectivity index (χ0v) is 34.6. The number of carboxylic acid groups (broad SMARTS) is 1. The highest BCUT2D eigenvalue weighted by Gasteiger charge is 2.63. The van der Waals surface area contributed by atoms with E-state index in [1.807, 2.05) is 0 Å². The second-order valence-corrected chi connectivity index (χ2v) is 16.4. The summed E-state index contributed by atoms with van der Waals surface area (Å²) in [5.41, 5.74) is -0.585. The molecule has 0 aromatic carbocycles. The molecule has 0 saturated heterocycles. The Morgan fingerprint density at radius 2 is 0.562 bits per heavy atom. The molecular formula is C46H92O2. The Morgan fingerprint density at radius 3 is 0.792 bits per heavy atom. The molecule has 0 aliphatic carbocycles. The molecule has 0 amide bonds. The molecule has 48 heavy (non-hydrogen) atoms. The van der Waals surface area contributed by atoms with E-state index in [2.05, 4.69) is 48.5 Å². The van der Waals surface area contributed by atoms with E-state index < -0.39 is 11.4 Å². The standard InChI is InChI=1S/C46H92O2/c1-8-15-22-29-36-44(37-30-23-16-9-2,38-31-24-17-10-3)46(41-34-27-20-13-6,42-35-28-21-14-7)45(43(47)48,39-32-25-18-11-4)40-33-26-19-12-5/h8-42H2,1-7H3,(H,47,48). The van der Waals surface area contributed by atoms with Gasteiger partial charge in [0, 0.05) is 0 Å². The molecule has 0 heterocycles. The van der Waals surface area contributed by atoms with Gasteiger partial charge in [-0.15, -0.1) is 0 Å². The quantitative estimate of drug-likeness (QED) is 0.0661. The summed E-state index contributed by atoms with van der Waals surface area (Å²) in [6.45, 7) is 16.3. The zero-order valence-electron chi connectivity index (χ0n) is 34.6. The van der Waals surface area contributed by atoms with Crippen LogP contribution in [0, 0.1) is 16.2 Å². The maximum Gasteiger partial charge on any atom is 0.310 e. The van der Waals surface area contributed by atoms with Crippen LogP contribution in [-0.4, -0.2) is 11.1 Å². The molecule has 0 saturated carbocycles. The van der Waals surface area contributed by atoms with Crippen LogP contribution in [-0.2, 0) is 4.79 Å². The summed E-state index contributed by atoms with van der Waals surface area (Å²) in [5.74, 6) is -0.401. The number of aliphatic carboxylic acids is 1. The van der Waals surface area contributed by atoms with Crippen LogP contribution in [0.15, 0.2) is 0 Å². The Labute approximate surface area is 304 Å². The van der Waals surface area contributed by atoms with Crippen LogP contribution in [0.4, 0.5) is 0 Å². The van der Waals surface area contributed by atoms with Crippen LogP contribution in [0.1, 0.15) is 273 Å². The zero-order chi connectivity index (χ0) is 35.8. The molecule has 0 aromatic heterocycles. The molecule has 0 rings (SSSR count). The first-order valence-electron chi connectivity index (χ1n) is 22.6. The third kappa shape index (κ3) is 17.1. The van der Waals surface area contributed by atoms with E-state index in [1.165, 1.54) is 186 Å². The molecule has 0 spiro atoms. The van der Waals surface area contributed by atoms with Crippen molar-refractivity contribution in [1.29, 1.82) is 0 Å². The summed E-state index contributed by atoms with van der Waals surface area (Å²) in [4.78, 5) is 14.5. The van der Waals surface area contributed by atoms with Crippen LogP contribution in [0.25, 0.3) is 0 Å². The van der Waals surface area contributed by atoms with Gasteiger partial charge in [0.2, 0.25) is 0 Å². The minimum absolute atomic E-state index is 0.115. The smallest absolute Gasteiger partial charge is 0.310 e. The van der Waals surface area contributed by atoms with Crippen LogP contribution in [0.2, 0.25) is 0 Å². The summed E-state index contributed by atoms with van der Waals surface area (Å²) >= 11 is 0. The van der Waals surface area contributed by atoms with E-state index >= 15 is 0 Å². The number of rotatable bonds is 38. The Bertz CT molecular complexity index is 641. The molecule has 0 atom stereocenters. The average Bonchev–Trinajstić information content (AvgIpc) is 3.09. The van der Waals surface area contributed by atoms with E-state index in [9.17, 15) is 9.90 Å². The topological polar surface area (TPSA) is 37.3 Å². The van der Waals surface area contributed by atoms with Gasteiger partial charge in [0.15, 0.2) is 0 Å². The highest BCUT2D eigenvalue weighted by molar-refractivity contribution is 5.76. The monoisotopic (exact) mass is 677 g/mol. The Morgan fingerprint density at radius 1 is 0.333 bits per heavy atom. The second kappa shape index (κ2) is 31.2. The van der Waals surface area contributed by atoms with Gasteiger partial charge >= 0.3 is 5.97 Å². The van der Waals surface area contributed by atoms with Gasteiger partial charge in [-0.05, 0) is 55.8 Å². The van der Waals surface area contributed by atoms with E-state index in [4.69, 9.17) is 0 Å². The van der Waals surface area contributed by atoms with Gasteiger partial charge in [0.05, 0.1) is 5.41 Å². The van der Waals surface area contributed by atoms with Gasteiger partial charge in [-0.3, -0.25) is 4.79 Å². The number of carboxylic acids is 1. The third-order valence-electron chi connectivity index (χ3n) is 12.7. The van der Waals surface area contributed by atoms with Gasteiger partial charge in [-0.2, -0.15) is 0 Å². The van der Waals surface area contributed by atoms with Crippen LogP contribution < -0.4 is 0 Å². The summed E-state index contributed by atoms with van der Waals surface area (Å²) < 4.78 is 0. The Kier molecular flexibility index (Phi) is 30.9. The summed E-state index contributed by atoms with van der Waals surface area (Å²) in [6.07, 6.45) is 43.1. The number of hydrogen-bond acceptors (Lipinski definition) is 1. The molecule has 0 fully saturated rings.